The molecule has 0 radical (unpaired) electrons. The zero-order valence-electron chi connectivity index (χ0n) is 11.5. The predicted molar refractivity (Wildman–Crippen MR) is 73.6 cm³/mol. The third-order valence-corrected chi connectivity index (χ3v) is 2.62. The average molecular weight is 268 g/mol. The van der Waals surface area contributed by atoms with Gasteiger partial charge in [0.05, 0.1) is 5.56 Å². The number of ether oxygens (including phenoxy) is 1. The van der Waals surface area contributed by atoms with Crippen LogP contribution in [0.4, 0.5) is 10.1 Å². The number of anilines is 1. The molecule has 1 aromatic rings. The highest BCUT2D eigenvalue weighted by Crippen LogP contribution is 2.16. The molecule has 106 valence electrons. The number of nitrogens with two attached hydrogens (primary N) is 1. The topological polar surface area (TPSA) is 64.3 Å². The fourth-order valence-electron chi connectivity index (χ4n) is 1.68. The first-order chi connectivity index (χ1) is 9.06. The maximum Gasteiger partial charge on any atom is 0.254 e. The van der Waals surface area contributed by atoms with Crippen molar-refractivity contribution in [3.63, 3.8) is 0 Å². The molecule has 19 heavy (non-hydrogen) atoms. The van der Waals surface area contributed by atoms with E-state index in [0.29, 0.717) is 30.8 Å². The largest absolute Gasteiger partial charge is 0.399 e. The molecule has 0 saturated carbocycles. The molecule has 4 nitrogen and oxygen atoms in total. The molecule has 0 saturated heterocycles. The van der Waals surface area contributed by atoms with Gasteiger partial charge in [0.15, 0.2) is 0 Å². The minimum Gasteiger partial charge on any atom is -0.399 e. The van der Waals surface area contributed by atoms with Gasteiger partial charge in [0.2, 0.25) is 0 Å². The van der Waals surface area contributed by atoms with Crippen molar-refractivity contribution in [2.75, 3.05) is 25.5 Å². The van der Waals surface area contributed by atoms with Crippen molar-refractivity contribution < 1.29 is 13.9 Å². The molecule has 0 atom stereocenters. The number of halogens is 1. The predicted octanol–water partition coefficient (Wildman–Crippen LogP) is 2.26. The Kier molecular flexibility index (Phi) is 6.29. The lowest BCUT2D eigenvalue weighted by Crippen LogP contribution is -2.26. The van der Waals surface area contributed by atoms with Crippen LogP contribution in [0.5, 0.6) is 0 Å². The number of hydrogen-bond acceptors (Lipinski definition) is 3. The quantitative estimate of drug-likeness (QED) is 0.589. The Hall–Kier alpha value is -1.62. The van der Waals surface area contributed by atoms with E-state index in [2.05, 4.69) is 5.32 Å². The maximum atomic E-state index is 13.8. The summed E-state index contributed by atoms with van der Waals surface area (Å²) in [4.78, 5) is 11.8. The van der Waals surface area contributed by atoms with Crippen LogP contribution < -0.4 is 11.1 Å². The summed E-state index contributed by atoms with van der Waals surface area (Å²) in [5, 5.41) is 2.66. The molecule has 1 amide bonds. The lowest BCUT2D eigenvalue weighted by atomic mass is 10.1. The summed E-state index contributed by atoms with van der Waals surface area (Å²) < 4.78 is 19.1. The number of carbonyl (C=O) groups is 1. The summed E-state index contributed by atoms with van der Waals surface area (Å²) in [6.45, 7) is 5.38. The summed E-state index contributed by atoms with van der Waals surface area (Å²) in [5.74, 6) is -0.961. The van der Waals surface area contributed by atoms with Crippen LogP contribution >= 0.6 is 0 Å². The van der Waals surface area contributed by atoms with Gasteiger partial charge in [0.25, 0.3) is 5.91 Å². The Labute approximate surface area is 113 Å². The summed E-state index contributed by atoms with van der Waals surface area (Å²) in [7, 11) is 0. The zero-order valence-corrected chi connectivity index (χ0v) is 11.5. The molecule has 0 aliphatic rings. The van der Waals surface area contributed by atoms with Gasteiger partial charge in [-0.05, 0) is 37.5 Å². The van der Waals surface area contributed by atoms with Crippen LogP contribution in [0.2, 0.25) is 0 Å². The third-order valence-electron chi connectivity index (χ3n) is 2.62. The smallest absolute Gasteiger partial charge is 0.254 e. The van der Waals surface area contributed by atoms with Gasteiger partial charge < -0.3 is 15.8 Å². The summed E-state index contributed by atoms with van der Waals surface area (Å²) in [6.07, 6.45) is 1.68. The maximum absolute atomic E-state index is 13.8. The van der Waals surface area contributed by atoms with Gasteiger partial charge in [-0.2, -0.15) is 0 Å². The van der Waals surface area contributed by atoms with E-state index in [1.165, 1.54) is 12.1 Å². The summed E-state index contributed by atoms with van der Waals surface area (Å²) in [6, 6.07) is 2.86. The molecule has 5 heteroatoms. The van der Waals surface area contributed by atoms with Crippen LogP contribution in [0.3, 0.4) is 0 Å². The molecule has 0 bridgehead atoms. The SMILES string of the molecule is CCCOCCCNC(=O)c1cc(N)cc(C)c1F. The van der Waals surface area contributed by atoms with Gasteiger partial charge in [-0.25, -0.2) is 4.39 Å². The van der Waals surface area contributed by atoms with E-state index >= 15 is 0 Å². The second-order valence-electron chi connectivity index (χ2n) is 4.42. The molecule has 0 aromatic heterocycles. The van der Waals surface area contributed by atoms with Crippen molar-refractivity contribution in [1.29, 1.82) is 0 Å². The highest BCUT2D eigenvalue weighted by Gasteiger charge is 2.13. The molecule has 0 fully saturated rings. The van der Waals surface area contributed by atoms with E-state index in [0.717, 1.165) is 13.0 Å². The van der Waals surface area contributed by atoms with E-state index in [9.17, 15) is 9.18 Å². The Morgan fingerprint density at radius 2 is 2.16 bits per heavy atom. The third kappa shape index (κ3) is 4.87. The van der Waals surface area contributed by atoms with E-state index in [1.54, 1.807) is 6.92 Å². The Balaban J connectivity index is 2.46. The van der Waals surface area contributed by atoms with Crippen LogP contribution in [0.15, 0.2) is 12.1 Å². The van der Waals surface area contributed by atoms with Gasteiger partial charge >= 0.3 is 0 Å². The summed E-state index contributed by atoms with van der Waals surface area (Å²) >= 11 is 0. The standard InChI is InChI=1S/C14H21FN2O2/c1-3-6-19-7-4-5-17-14(18)12-9-11(16)8-10(2)13(12)15/h8-9H,3-7,16H2,1-2H3,(H,17,18). The first kappa shape index (κ1) is 15.4. The number of amides is 1. The van der Waals surface area contributed by atoms with Crippen molar-refractivity contribution in [3.05, 3.63) is 29.1 Å². The molecule has 1 rings (SSSR count). The first-order valence-electron chi connectivity index (χ1n) is 6.47. The molecule has 0 aliphatic carbocycles. The van der Waals surface area contributed by atoms with E-state index in [4.69, 9.17) is 10.5 Å². The molecule has 1 aromatic carbocycles. The molecule has 0 heterocycles. The molecule has 3 N–H and O–H groups in total. The van der Waals surface area contributed by atoms with Crippen LogP contribution in [-0.4, -0.2) is 25.7 Å². The number of benzene rings is 1. The van der Waals surface area contributed by atoms with Crippen LogP contribution in [0, 0.1) is 12.7 Å². The minimum absolute atomic E-state index is 0.00743. The number of nitrogen functional groups attached to an aromatic ring is 1. The van der Waals surface area contributed by atoms with Gasteiger partial charge in [-0.1, -0.05) is 6.92 Å². The fraction of sp³-hybridized carbons (Fsp3) is 0.500. The van der Waals surface area contributed by atoms with E-state index in [1.807, 2.05) is 6.92 Å². The van der Waals surface area contributed by atoms with Gasteiger partial charge in [0, 0.05) is 25.4 Å². The lowest BCUT2D eigenvalue weighted by Gasteiger charge is -2.09. The van der Waals surface area contributed by atoms with Crippen molar-refractivity contribution in [2.24, 2.45) is 0 Å². The van der Waals surface area contributed by atoms with Gasteiger partial charge in [0.1, 0.15) is 5.82 Å². The van der Waals surface area contributed by atoms with Crippen molar-refractivity contribution >= 4 is 11.6 Å². The van der Waals surface area contributed by atoms with E-state index in [-0.39, 0.29) is 5.56 Å². The van der Waals surface area contributed by atoms with Crippen molar-refractivity contribution in [1.82, 2.24) is 5.32 Å². The highest BCUT2D eigenvalue weighted by molar-refractivity contribution is 5.95. The number of aryl methyl sites for hydroxylation is 1. The van der Waals surface area contributed by atoms with Gasteiger partial charge in [-0.3, -0.25) is 4.79 Å². The minimum atomic E-state index is -0.520. The van der Waals surface area contributed by atoms with Gasteiger partial charge in [-0.15, -0.1) is 0 Å². The fourth-order valence-corrected chi connectivity index (χ4v) is 1.68. The molecule has 0 spiro atoms. The first-order valence-corrected chi connectivity index (χ1v) is 6.47. The Morgan fingerprint density at radius 3 is 2.84 bits per heavy atom. The summed E-state index contributed by atoms with van der Waals surface area (Å²) in [5.41, 5.74) is 6.36. The molecule has 0 unspecified atom stereocenters. The Morgan fingerprint density at radius 1 is 1.42 bits per heavy atom. The molecular formula is C14H21FN2O2. The van der Waals surface area contributed by atoms with Crippen molar-refractivity contribution in [3.8, 4) is 0 Å². The highest BCUT2D eigenvalue weighted by atomic mass is 19.1. The molecule has 0 aliphatic heterocycles. The molecular weight excluding hydrogens is 247 g/mol. The monoisotopic (exact) mass is 268 g/mol. The van der Waals surface area contributed by atoms with Crippen LogP contribution in [0.1, 0.15) is 35.7 Å². The van der Waals surface area contributed by atoms with Crippen LogP contribution in [0.25, 0.3) is 0 Å². The van der Waals surface area contributed by atoms with Crippen molar-refractivity contribution in [2.45, 2.75) is 26.7 Å². The van der Waals surface area contributed by atoms with Crippen LogP contribution in [-0.2, 0) is 4.74 Å². The zero-order chi connectivity index (χ0) is 14.3. The number of carbonyl (C=O) groups excluding carboxylic acids is 1. The number of hydrogen-bond donors (Lipinski definition) is 2. The number of nitrogens with one attached hydrogen (secondary N) is 1. The second kappa shape index (κ2) is 7.74. The lowest BCUT2D eigenvalue weighted by molar-refractivity contribution is 0.0937. The van der Waals surface area contributed by atoms with E-state index < -0.39 is 11.7 Å². The number of rotatable bonds is 7. The Bertz CT molecular complexity index is 436. The second-order valence-corrected chi connectivity index (χ2v) is 4.42. The normalized spacial score (nSPS) is 10.5. The average Bonchev–Trinajstić information content (AvgIpc) is 2.37.